The lowest BCUT2D eigenvalue weighted by molar-refractivity contribution is -0.139. The number of amides is 2. The standard InChI is InChI=1S/C20H30N4O2/c25-19(16-5-4-10-24(15-16)17-6-1-2-7-17)22-11-13-23(14-12-22)20(26)18-8-3-9-21-18/h3,8-9,16-17,21H,1-2,4-7,10-15H2. The van der Waals surface area contributed by atoms with Crippen LogP contribution in [0.5, 0.6) is 0 Å². The summed E-state index contributed by atoms with van der Waals surface area (Å²) in [7, 11) is 0. The quantitative estimate of drug-likeness (QED) is 0.898. The lowest BCUT2D eigenvalue weighted by Gasteiger charge is -2.40. The second-order valence-electron chi connectivity index (χ2n) is 7.97. The van der Waals surface area contributed by atoms with Crippen LogP contribution in [0.4, 0.5) is 0 Å². The SMILES string of the molecule is O=C(c1ccc[nH]1)N1CCN(C(=O)C2CCCN(C3CCCC3)C2)CC1. The maximum absolute atomic E-state index is 13.0. The Morgan fingerprint density at radius 2 is 1.65 bits per heavy atom. The first-order valence-corrected chi connectivity index (χ1v) is 10.2. The molecule has 2 aliphatic heterocycles. The van der Waals surface area contributed by atoms with Crippen LogP contribution in [0.1, 0.15) is 49.0 Å². The smallest absolute Gasteiger partial charge is 0.270 e. The lowest BCUT2D eigenvalue weighted by Crippen LogP contribution is -2.54. The average molecular weight is 358 g/mol. The Labute approximate surface area is 155 Å². The Hall–Kier alpha value is -1.82. The monoisotopic (exact) mass is 358 g/mol. The van der Waals surface area contributed by atoms with Gasteiger partial charge in [0, 0.05) is 45.0 Å². The van der Waals surface area contributed by atoms with Gasteiger partial charge in [0.05, 0.1) is 5.92 Å². The third-order valence-corrected chi connectivity index (χ3v) is 6.35. The molecular formula is C20H30N4O2. The number of piperidine rings is 1. The van der Waals surface area contributed by atoms with Crippen LogP contribution >= 0.6 is 0 Å². The molecule has 0 bridgehead atoms. The largest absolute Gasteiger partial charge is 0.357 e. The van der Waals surface area contributed by atoms with Gasteiger partial charge in [0.25, 0.3) is 5.91 Å². The van der Waals surface area contributed by atoms with E-state index in [1.807, 2.05) is 15.9 Å². The van der Waals surface area contributed by atoms with Crippen molar-refractivity contribution in [3.05, 3.63) is 24.0 Å². The molecule has 1 aliphatic carbocycles. The van der Waals surface area contributed by atoms with Gasteiger partial charge in [0.2, 0.25) is 5.91 Å². The van der Waals surface area contributed by atoms with Gasteiger partial charge in [-0.15, -0.1) is 0 Å². The van der Waals surface area contributed by atoms with Crippen LogP contribution in [0.15, 0.2) is 18.3 Å². The molecule has 1 N–H and O–H groups in total. The third kappa shape index (κ3) is 3.65. The molecule has 0 radical (unpaired) electrons. The summed E-state index contributed by atoms with van der Waals surface area (Å²) in [5, 5.41) is 0. The van der Waals surface area contributed by atoms with Crippen LogP contribution in [0, 0.1) is 5.92 Å². The van der Waals surface area contributed by atoms with E-state index in [0.29, 0.717) is 43.8 Å². The van der Waals surface area contributed by atoms with Gasteiger partial charge in [0.15, 0.2) is 0 Å². The number of aromatic amines is 1. The number of carbonyl (C=O) groups is 2. The topological polar surface area (TPSA) is 59.7 Å². The molecule has 3 heterocycles. The fourth-order valence-corrected chi connectivity index (χ4v) is 4.83. The van der Waals surface area contributed by atoms with Crippen molar-refractivity contribution in [1.82, 2.24) is 19.7 Å². The number of hydrogen-bond acceptors (Lipinski definition) is 3. The minimum atomic E-state index is 0.0344. The Morgan fingerprint density at radius 3 is 2.35 bits per heavy atom. The number of H-pyrrole nitrogens is 1. The summed E-state index contributed by atoms with van der Waals surface area (Å²) in [5.41, 5.74) is 0.629. The predicted octanol–water partition coefficient (Wildman–Crippen LogP) is 1.95. The summed E-state index contributed by atoms with van der Waals surface area (Å²) in [4.78, 5) is 34.8. The zero-order valence-electron chi connectivity index (χ0n) is 15.5. The second-order valence-corrected chi connectivity index (χ2v) is 7.97. The van der Waals surface area contributed by atoms with Crippen molar-refractivity contribution in [3.8, 4) is 0 Å². The molecule has 4 rings (SSSR count). The van der Waals surface area contributed by atoms with Crippen molar-refractivity contribution in [3.63, 3.8) is 0 Å². The Kier molecular flexibility index (Phi) is 5.29. The van der Waals surface area contributed by atoms with E-state index in [1.54, 1.807) is 12.3 Å². The zero-order valence-corrected chi connectivity index (χ0v) is 15.5. The zero-order chi connectivity index (χ0) is 17.9. The Balaban J connectivity index is 1.29. The molecule has 0 spiro atoms. The van der Waals surface area contributed by atoms with Gasteiger partial charge in [-0.25, -0.2) is 0 Å². The highest BCUT2D eigenvalue weighted by atomic mass is 16.2. The number of carbonyl (C=O) groups excluding carboxylic acids is 2. The highest BCUT2D eigenvalue weighted by molar-refractivity contribution is 5.92. The van der Waals surface area contributed by atoms with Gasteiger partial charge in [-0.3, -0.25) is 14.5 Å². The average Bonchev–Trinajstić information content (AvgIpc) is 3.41. The summed E-state index contributed by atoms with van der Waals surface area (Å²) < 4.78 is 0. The number of nitrogens with zero attached hydrogens (tertiary/aromatic N) is 3. The van der Waals surface area contributed by atoms with Gasteiger partial charge in [0.1, 0.15) is 5.69 Å². The molecule has 1 aromatic rings. The van der Waals surface area contributed by atoms with E-state index in [2.05, 4.69) is 9.88 Å². The molecule has 26 heavy (non-hydrogen) atoms. The summed E-state index contributed by atoms with van der Waals surface area (Å²) in [6, 6.07) is 4.35. The minimum Gasteiger partial charge on any atom is -0.357 e. The van der Waals surface area contributed by atoms with Crippen molar-refractivity contribution in [1.29, 1.82) is 0 Å². The molecule has 1 aromatic heterocycles. The molecule has 6 heteroatoms. The molecule has 1 atom stereocenters. The fraction of sp³-hybridized carbons (Fsp3) is 0.700. The Bertz CT molecular complexity index is 616. The molecule has 1 saturated carbocycles. The van der Waals surface area contributed by atoms with Gasteiger partial charge in [-0.05, 0) is 44.4 Å². The summed E-state index contributed by atoms with van der Waals surface area (Å²) >= 11 is 0. The lowest BCUT2D eigenvalue weighted by atomic mass is 9.94. The number of likely N-dealkylation sites (tertiary alicyclic amines) is 1. The van der Waals surface area contributed by atoms with Crippen molar-refractivity contribution >= 4 is 11.8 Å². The molecule has 6 nitrogen and oxygen atoms in total. The van der Waals surface area contributed by atoms with Crippen LogP contribution in [0.3, 0.4) is 0 Å². The van der Waals surface area contributed by atoms with Crippen molar-refractivity contribution in [2.24, 2.45) is 5.92 Å². The highest BCUT2D eigenvalue weighted by Crippen LogP contribution is 2.28. The number of piperazine rings is 1. The third-order valence-electron chi connectivity index (χ3n) is 6.35. The maximum Gasteiger partial charge on any atom is 0.270 e. The van der Waals surface area contributed by atoms with E-state index >= 15 is 0 Å². The normalized spacial score (nSPS) is 25.6. The van der Waals surface area contributed by atoms with E-state index in [4.69, 9.17) is 0 Å². The fourth-order valence-electron chi connectivity index (χ4n) is 4.83. The number of rotatable bonds is 3. The molecule has 1 unspecified atom stereocenters. The summed E-state index contributed by atoms with van der Waals surface area (Å²) in [5.74, 6) is 0.488. The van der Waals surface area contributed by atoms with Crippen LogP contribution in [-0.2, 0) is 4.79 Å². The molecule has 3 fully saturated rings. The molecule has 0 aromatic carbocycles. The van der Waals surface area contributed by atoms with Gasteiger partial charge >= 0.3 is 0 Å². The molecule has 142 valence electrons. The summed E-state index contributed by atoms with van der Waals surface area (Å²) in [6.45, 7) is 4.67. The number of hydrogen-bond donors (Lipinski definition) is 1. The van der Waals surface area contributed by atoms with Crippen molar-refractivity contribution < 1.29 is 9.59 Å². The van der Waals surface area contributed by atoms with Gasteiger partial charge in [-0.1, -0.05) is 12.8 Å². The van der Waals surface area contributed by atoms with Crippen molar-refractivity contribution in [2.75, 3.05) is 39.3 Å². The maximum atomic E-state index is 13.0. The Morgan fingerprint density at radius 1 is 0.923 bits per heavy atom. The highest BCUT2D eigenvalue weighted by Gasteiger charge is 2.34. The van der Waals surface area contributed by atoms with Crippen LogP contribution < -0.4 is 0 Å². The molecule has 2 saturated heterocycles. The van der Waals surface area contributed by atoms with Crippen LogP contribution in [-0.4, -0.2) is 76.8 Å². The molecular weight excluding hydrogens is 328 g/mol. The van der Waals surface area contributed by atoms with Crippen LogP contribution in [0.25, 0.3) is 0 Å². The minimum absolute atomic E-state index is 0.0344. The van der Waals surface area contributed by atoms with Gasteiger partial charge < -0.3 is 14.8 Å². The van der Waals surface area contributed by atoms with E-state index in [9.17, 15) is 9.59 Å². The van der Waals surface area contributed by atoms with E-state index < -0.39 is 0 Å². The van der Waals surface area contributed by atoms with Crippen LogP contribution in [0.2, 0.25) is 0 Å². The van der Waals surface area contributed by atoms with Crippen molar-refractivity contribution in [2.45, 2.75) is 44.6 Å². The van der Waals surface area contributed by atoms with E-state index in [-0.39, 0.29) is 11.8 Å². The van der Waals surface area contributed by atoms with E-state index in [1.165, 1.54) is 25.7 Å². The molecule has 2 amide bonds. The predicted molar refractivity (Wildman–Crippen MR) is 99.8 cm³/mol. The number of aromatic nitrogens is 1. The first kappa shape index (κ1) is 17.6. The first-order valence-electron chi connectivity index (χ1n) is 10.2. The first-order chi connectivity index (χ1) is 12.7. The second kappa shape index (κ2) is 7.82. The molecule has 3 aliphatic rings. The summed E-state index contributed by atoms with van der Waals surface area (Å²) in [6.07, 6.45) is 9.22. The van der Waals surface area contributed by atoms with E-state index in [0.717, 1.165) is 25.9 Å². The number of nitrogens with one attached hydrogen (secondary N) is 1. The van der Waals surface area contributed by atoms with Gasteiger partial charge in [-0.2, -0.15) is 0 Å².